The van der Waals surface area contributed by atoms with Gasteiger partial charge in [-0.1, -0.05) is 35.2 Å². The molecule has 21 heavy (non-hydrogen) atoms. The fourth-order valence-electron chi connectivity index (χ4n) is 3.58. The van der Waals surface area contributed by atoms with E-state index in [9.17, 15) is 14.5 Å². The minimum Gasteiger partial charge on any atom is -0.490 e. The predicted molar refractivity (Wildman–Crippen MR) is 80.3 cm³/mol. The van der Waals surface area contributed by atoms with Crippen molar-refractivity contribution in [3.63, 3.8) is 0 Å². The molecule has 0 amide bonds. The number of nitro groups is 1. The summed E-state index contributed by atoms with van der Waals surface area (Å²) < 4.78 is 19.6. The second-order valence-corrected chi connectivity index (χ2v) is 7.08. The van der Waals surface area contributed by atoms with Gasteiger partial charge in [0.1, 0.15) is 11.9 Å². The fourth-order valence-corrected chi connectivity index (χ4v) is 4.67. The second kappa shape index (κ2) is 5.55. The molecule has 1 aromatic rings. The van der Waals surface area contributed by atoms with Gasteiger partial charge in [-0.25, -0.2) is 0 Å². The Morgan fingerprint density at radius 3 is 2.62 bits per heavy atom. The number of halogens is 2. The zero-order chi connectivity index (χ0) is 15.0. The molecule has 1 aromatic carbocycles. The summed E-state index contributed by atoms with van der Waals surface area (Å²) in [5, 5.41) is 10.6. The van der Waals surface area contributed by atoms with Crippen LogP contribution < -0.4 is 4.74 Å². The monoisotopic (exact) mass is 357 g/mol. The zero-order valence-corrected chi connectivity index (χ0v) is 13.1. The molecule has 2 unspecified atom stereocenters. The molecule has 6 heteroatoms. The molecule has 0 N–H and O–H groups in total. The Morgan fingerprint density at radius 1 is 1.33 bits per heavy atom. The van der Waals surface area contributed by atoms with Crippen LogP contribution in [-0.2, 0) is 0 Å². The van der Waals surface area contributed by atoms with Gasteiger partial charge in [-0.15, -0.1) is 0 Å². The maximum Gasteiger partial charge on any atom is 0.305 e. The van der Waals surface area contributed by atoms with Crippen LogP contribution in [0, 0.1) is 21.3 Å². The van der Waals surface area contributed by atoms with E-state index in [0.717, 1.165) is 25.3 Å². The molecular weight excluding hydrogens is 341 g/mol. The van der Waals surface area contributed by atoms with Crippen molar-refractivity contribution in [3.8, 4) is 5.75 Å². The van der Waals surface area contributed by atoms with Crippen LogP contribution in [0.4, 0.5) is 10.1 Å². The quantitative estimate of drug-likeness (QED) is 0.451. The molecule has 2 aliphatic rings. The Bertz CT molecular complexity index is 560. The molecule has 0 saturated heterocycles. The zero-order valence-electron chi connectivity index (χ0n) is 11.6. The van der Waals surface area contributed by atoms with E-state index in [2.05, 4.69) is 15.9 Å². The van der Waals surface area contributed by atoms with Crippen molar-refractivity contribution in [2.24, 2.45) is 5.41 Å². The van der Waals surface area contributed by atoms with Crippen LogP contribution in [0.25, 0.3) is 0 Å². The van der Waals surface area contributed by atoms with Crippen molar-refractivity contribution in [3.05, 3.63) is 34.1 Å². The van der Waals surface area contributed by atoms with Gasteiger partial charge in [-0.3, -0.25) is 10.1 Å². The molecular formula is C15H17BrFNO3. The molecule has 0 bridgehead atoms. The third-order valence-corrected chi connectivity index (χ3v) is 6.15. The molecule has 2 aliphatic carbocycles. The summed E-state index contributed by atoms with van der Waals surface area (Å²) >= 11 is 3.73. The van der Waals surface area contributed by atoms with Crippen LogP contribution in [-0.4, -0.2) is 15.9 Å². The fraction of sp³-hybridized carbons (Fsp3) is 0.600. The smallest absolute Gasteiger partial charge is 0.305 e. The summed E-state index contributed by atoms with van der Waals surface area (Å²) in [5.41, 5.74) is -0.363. The van der Waals surface area contributed by atoms with Crippen molar-refractivity contribution in [2.45, 2.75) is 49.5 Å². The SMILES string of the molecule is O=[N+]([O-])c1ccc(OC2CC(Br)C23CCCCC3)cc1F. The molecule has 0 aliphatic heterocycles. The predicted octanol–water partition coefficient (Wildman–Crippen LogP) is 4.60. The highest BCUT2D eigenvalue weighted by atomic mass is 79.9. The van der Waals surface area contributed by atoms with E-state index in [4.69, 9.17) is 4.74 Å². The van der Waals surface area contributed by atoms with E-state index < -0.39 is 16.4 Å². The molecule has 2 saturated carbocycles. The Balaban J connectivity index is 1.75. The number of hydrogen-bond donors (Lipinski definition) is 0. The number of alkyl halides is 1. The minimum atomic E-state index is -0.843. The Labute approximate surface area is 131 Å². The summed E-state index contributed by atoms with van der Waals surface area (Å²) in [6, 6.07) is 3.78. The average molecular weight is 358 g/mol. The number of hydrogen-bond acceptors (Lipinski definition) is 3. The highest BCUT2D eigenvalue weighted by molar-refractivity contribution is 9.09. The lowest BCUT2D eigenvalue weighted by molar-refractivity contribution is -0.387. The van der Waals surface area contributed by atoms with Gasteiger partial charge in [0.25, 0.3) is 0 Å². The van der Waals surface area contributed by atoms with Gasteiger partial charge in [0.05, 0.1) is 4.92 Å². The normalized spacial score (nSPS) is 27.1. The molecule has 114 valence electrons. The van der Waals surface area contributed by atoms with Gasteiger partial charge in [-0.2, -0.15) is 4.39 Å². The maximum atomic E-state index is 13.7. The number of ether oxygens (including phenoxy) is 1. The van der Waals surface area contributed by atoms with Crippen molar-refractivity contribution in [1.29, 1.82) is 0 Å². The Hall–Kier alpha value is -1.17. The first-order valence-corrected chi connectivity index (χ1v) is 8.19. The van der Waals surface area contributed by atoms with E-state index in [1.807, 2.05) is 0 Å². The summed E-state index contributed by atoms with van der Waals surface area (Å²) in [4.78, 5) is 10.4. The Morgan fingerprint density at radius 2 is 2.05 bits per heavy atom. The van der Waals surface area contributed by atoms with Crippen LogP contribution in [0.3, 0.4) is 0 Å². The van der Waals surface area contributed by atoms with Crippen molar-refractivity contribution in [2.75, 3.05) is 0 Å². The average Bonchev–Trinajstić information content (AvgIpc) is 2.47. The molecule has 0 radical (unpaired) electrons. The number of nitro benzene ring substituents is 1. The van der Waals surface area contributed by atoms with E-state index in [1.165, 1.54) is 31.4 Å². The lowest BCUT2D eigenvalue weighted by Gasteiger charge is -2.55. The third kappa shape index (κ3) is 2.54. The van der Waals surface area contributed by atoms with Crippen LogP contribution in [0.2, 0.25) is 0 Å². The molecule has 4 nitrogen and oxygen atoms in total. The van der Waals surface area contributed by atoms with Crippen molar-refractivity contribution in [1.82, 2.24) is 0 Å². The van der Waals surface area contributed by atoms with Crippen molar-refractivity contribution < 1.29 is 14.1 Å². The first-order valence-electron chi connectivity index (χ1n) is 7.27. The number of rotatable bonds is 3. The molecule has 0 heterocycles. The second-order valence-electron chi connectivity index (χ2n) is 5.97. The van der Waals surface area contributed by atoms with E-state index in [1.54, 1.807) is 0 Å². The maximum absolute atomic E-state index is 13.7. The highest BCUT2D eigenvalue weighted by Gasteiger charge is 2.55. The highest BCUT2D eigenvalue weighted by Crippen LogP contribution is 2.56. The van der Waals surface area contributed by atoms with Crippen molar-refractivity contribution >= 4 is 21.6 Å². The standard InChI is InChI=1S/C15H17BrFNO3/c16-13-9-14(15(13)6-2-1-3-7-15)21-10-4-5-12(18(19)20)11(17)8-10/h4-5,8,13-14H,1-3,6-7,9H2. The molecule has 0 aromatic heterocycles. The van der Waals surface area contributed by atoms with Gasteiger partial charge < -0.3 is 4.74 Å². The topological polar surface area (TPSA) is 52.4 Å². The third-order valence-electron chi connectivity index (χ3n) is 4.86. The lowest BCUT2D eigenvalue weighted by Crippen LogP contribution is -2.57. The van der Waals surface area contributed by atoms with Gasteiger partial charge in [0.15, 0.2) is 0 Å². The first kappa shape index (κ1) is 14.8. The summed E-state index contributed by atoms with van der Waals surface area (Å²) in [5.74, 6) is -0.461. The summed E-state index contributed by atoms with van der Waals surface area (Å²) in [6.45, 7) is 0. The number of benzene rings is 1. The van der Waals surface area contributed by atoms with Crippen LogP contribution in [0.1, 0.15) is 38.5 Å². The number of nitrogens with zero attached hydrogens (tertiary/aromatic N) is 1. The first-order chi connectivity index (χ1) is 10.0. The van der Waals surface area contributed by atoms with Gasteiger partial charge in [-0.05, 0) is 25.3 Å². The van der Waals surface area contributed by atoms with Gasteiger partial charge >= 0.3 is 5.69 Å². The lowest BCUT2D eigenvalue weighted by atomic mass is 9.58. The van der Waals surface area contributed by atoms with E-state index in [0.29, 0.717) is 10.6 Å². The Kier molecular flexibility index (Phi) is 3.90. The van der Waals surface area contributed by atoms with Gasteiger partial charge in [0, 0.05) is 22.4 Å². The summed E-state index contributed by atoms with van der Waals surface area (Å²) in [6.07, 6.45) is 6.90. The van der Waals surface area contributed by atoms with E-state index in [-0.39, 0.29) is 11.5 Å². The molecule has 2 fully saturated rings. The van der Waals surface area contributed by atoms with Crippen LogP contribution >= 0.6 is 15.9 Å². The molecule has 2 atom stereocenters. The summed E-state index contributed by atoms with van der Waals surface area (Å²) in [7, 11) is 0. The molecule has 3 rings (SSSR count). The molecule has 1 spiro atoms. The van der Waals surface area contributed by atoms with Crippen LogP contribution in [0.5, 0.6) is 5.75 Å². The van der Waals surface area contributed by atoms with Crippen LogP contribution in [0.15, 0.2) is 18.2 Å². The van der Waals surface area contributed by atoms with Gasteiger partial charge in [0.2, 0.25) is 5.82 Å². The largest absolute Gasteiger partial charge is 0.490 e. The van der Waals surface area contributed by atoms with E-state index >= 15 is 0 Å². The minimum absolute atomic E-state index is 0.0723.